The quantitative estimate of drug-likeness (QED) is 0.698. The molecule has 2 aliphatic rings. The summed E-state index contributed by atoms with van der Waals surface area (Å²) in [5, 5.41) is 15.5. The molecule has 2 saturated heterocycles. The first-order valence-corrected chi connectivity index (χ1v) is 10.2. The van der Waals surface area contributed by atoms with E-state index in [-0.39, 0.29) is 11.7 Å². The van der Waals surface area contributed by atoms with Gasteiger partial charge in [0.1, 0.15) is 12.6 Å². The number of carbonyl (C=O) groups is 3. The minimum atomic E-state index is -3.11. The molecular formula is C21H20F2N6O4. The zero-order valence-corrected chi connectivity index (χ0v) is 17.4. The molecule has 1 aromatic carbocycles. The second-order valence-corrected chi connectivity index (χ2v) is 7.77. The molecule has 2 aromatic rings. The fourth-order valence-corrected chi connectivity index (χ4v) is 3.72. The molecule has 3 heterocycles. The molecule has 4 rings (SSSR count). The molecule has 2 fully saturated rings. The molecule has 0 spiro atoms. The number of nitrogens with one attached hydrogen (secondary N) is 1. The normalized spacial score (nSPS) is 19.3. The highest BCUT2D eigenvalue weighted by Crippen LogP contribution is 2.31. The fourth-order valence-electron chi connectivity index (χ4n) is 3.72. The van der Waals surface area contributed by atoms with Crippen molar-refractivity contribution in [2.45, 2.75) is 24.9 Å². The van der Waals surface area contributed by atoms with Gasteiger partial charge in [-0.25, -0.2) is 13.6 Å². The Bertz CT molecular complexity index is 1110. The van der Waals surface area contributed by atoms with E-state index in [0.29, 0.717) is 19.7 Å². The number of rotatable bonds is 6. The summed E-state index contributed by atoms with van der Waals surface area (Å²) >= 11 is 0. The molecule has 33 heavy (non-hydrogen) atoms. The SMILES string of the molecule is N#C[C@@H]1CC(F)(F)CN1C(=O)CNC(=O)c1cnn(Cc2ccc(N3CCOC3=O)cc2)c1. The summed E-state index contributed by atoms with van der Waals surface area (Å²) in [6, 6.07) is 7.73. The number of ether oxygens (including phenoxy) is 1. The monoisotopic (exact) mass is 458 g/mol. The summed E-state index contributed by atoms with van der Waals surface area (Å²) in [7, 11) is 0. The van der Waals surface area contributed by atoms with Crippen LogP contribution >= 0.6 is 0 Å². The highest BCUT2D eigenvalue weighted by molar-refractivity contribution is 5.96. The lowest BCUT2D eigenvalue weighted by Crippen LogP contribution is -2.42. The maximum Gasteiger partial charge on any atom is 0.414 e. The Kier molecular flexibility index (Phi) is 5.95. The van der Waals surface area contributed by atoms with Gasteiger partial charge in [-0.15, -0.1) is 0 Å². The molecule has 10 nitrogen and oxygen atoms in total. The summed E-state index contributed by atoms with van der Waals surface area (Å²) in [5.74, 6) is -4.45. The molecule has 0 saturated carbocycles. The second-order valence-electron chi connectivity index (χ2n) is 7.77. The number of cyclic esters (lactones) is 1. The maximum absolute atomic E-state index is 13.5. The molecule has 1 N–H and O–H groups in total. The van der Waals surface area contributed by atoms with Gasteiger partial charge in [-0.1, -0.05) is 12.1 Å². The van der Waals surface area contributed by atoms with Gasteiger partial charge in [0.15, 0.2) is 0 Å². The standard InChI is InChI=1S/C21H20F2N6O4/c22-21(23)7-17(8-24)29(13-21)18(30)10-25-19(31)15-9-26-27(12-15)11-14-1-3-16(4-2-14)28-5-6-33-20(28)32/h1-4,9,12,17H,5-7,10-11,13H2,(H,25,31)/t17-/m0/s1. The van der Waals surface area contributed by atoms with E-state index in [0.717, 1.165) is 16.2 Å². The maximum atomic E-state index is 13.5. The van der Waals surface area contributed by atoms with E-state index in [1.807, 2.05) is 12.1 Å². The van der Waals surface area contributed by atoms with Crippen molar-refractivity contribution in [3.05, 3.63) is 47.8 Å². The fraction of sp³-hybridized carbons (Fsp3) is 0.381. The van der Waals surface area contributed by atoms with Gasteiger partial charge in [-0.2, -0.15) is 10.4 Å². The Labute approximate surface area is 187 Å². The van der Waals surface area contributed by atoms with Gasteiger partial charge < -0.3 is 15.0 Å². The van der Waals surface area contributed by atoms with E-state index in [1.54, 1.807) is 18.2 Å². The molecule has 172 valence electrons. The van der Waals surface area contributed by atoms with E-state index in [1.165, 1.54) is 22.0 Å². The first-order valence-electron chi connectivity index (χ1n) is 10.2. The average Bonchev–Trinajstić information content (AvgIpc) is 3.51. The topological polar surface area (TPSA) is 121 Å². The van der Waals surface area contributed by atoms with E-state index in [4.69, 9.17) is 10.00 Å². The zero-order valence-electron chi connectivity index (χ0n) is 17.4. The molecule has 3 amide bonds. The van der Waals surface area contributed by atoms with Crippen molar-refractivity contribution in [1.29, 1.82) is 5.26 Å². The van der Waals surface area contributed by atoms with Crippen LogP contribution in [-0.4, -0.2) is 70.8 Å². The van der Waals surface area contributed by atoms with Gasteiger partial charge in [0.2, 0.25) is 5.91 Å². The Morgan fingerprint density at radius 2 is 2.06 bits per heavy atom. The van der Waals surface area contributed by atoms with Crippen molar-refractivity contribution in [3.8, 4) is 6.07 Å². The largest absolute Gasteiger partial charge is 0.447 e. The van der Waals surface area contributed by atoms with Crippen LogP contribution in [0, 0.1) is 11.3 Å². The van der Waals surface area contributed by atoms with Gasteiger partial charge in [-0.3, -0.25) is 19.2 Å². The van der Waals surface area contributed by atoms with Crippen molar-refractivity contribution in [2.75, 3.05) is 31.1 Å². The lowest BCUT2D eigenvalue weighted by molar-refractivity contribution is -0.131. The van der Waals surface area contributed by atoms with Gasteiger partial charge in [0, 0.05) is 18.3 Å². The number of anilines is 1. The van der Waals surface area contributed by atoms with E-state index >= 15 is 0 Å². The van der Waals surface area contributed by atoms with Crippen LogP contribution in [0.4, 0.5) is 19.3 Å². The lowest BCUT2D eigenvalue weighted by atomic mass is 10.2. The predicted octanol–water partition coefficient (Wildman–Crippen LogP) is 1.38. The molecule has 2 aliphatic heterocycles. The minimum absolute atomic E-state index is 0.197. The number of alkyl halides is 2. The highest BCUT2D eigenvalue weighted by Gasteiger charge is 2.47. The van der Waals surface area contributed by atoms with Gasteiger partial charge in [0.05, 0.1) is 44.0 Å². The second kappa shape index (κ2) is 8.85. The third-order valence-electron chi connectivity index (χ3n) is 5.39. The molecule has 0 bridgehead atoms. The summed E-state index contributed by atoms with van der Waals surface area (Å²) in [6.45, 7) is -0.124. The molecule has 1 atom stereocenters. The number of nitrogens with zero attached hydrogens (tertiary/aromatic N) is 5. The Morgan fingerprint density at radius 3 is 2.73 bits per heavy atom. The molecule has 0 aliphatic carbocycles. The van der Waals surface area contributed by atoms with E-state index in [2.05, 4.69) is 10.4 Å². The summed E-state index contributed by atoms with van der Waals surface area (Å²) in [6.07, 6.45) is 1.73. The van der Waals surface area contributed by atoms with Crippen LogP contribution in [0.15, 0.2) is 36.7 Å². The van der Waals surface area contributed by atoms with Crippen LogP contribution in [0.25, 0.3) is 0 Å². The molecule has 1 aromatic heterocycles. The Hall–Kier alpha value is -4.01. The van der Waals surface area contributed by atoms with Crippen molar-refractivity contribution in [1.82, 2.24) is 20.0 Å². The predicted molar refractivity (Wildman–Crippen MR) is 109 cm³/mol. The number of halogens is 2. The van der Waals surface area contributed by atoms with Gasteiger partial charge in [-0.05, 0) is 17.7 Å². The van der Waals surface area contributed by atoms with Crippen molar-refractivity contribution in [3.63, 3.8) is 0 Å². The van der Waals surface area contributed by atoms with E-state index in [9.17, 15) is 23.2 Å². The summed E-state index contributed by atoms with van der Waals surface area (Å²) in [4.78, 5) is 38.5. The number of amides is 3. The van der Waals surface area contributed by atoms with E-state index < -0.39 is 43.3 Å². The van der Waals surface area contributed by atoms with Gasteiger partial charge >= 0.3 is 6.09 Å². The number of benzene rings is 1. The van der Waals surface area contributed by atoms with Crippen LogP contribution in [0.5, 0.6) is 0 Å². The number of hydrogen-bond donors (Lipinski definition) is 1. The number of carbonyl (C=O) groups excluding carboxylic acids is 3. The van der Waals surface area contributed by atoms with Crippen LogP contribution in [0.3, 0.4) is 0 Å². The molecule has 0 radical (unpaired) electrons. The number of nitriles is 1. The Morgan fingerprint density at radius 1 is 1.30 bits per heavy atom. The first-order chi connectivity index (χ1) is 15.8. The third-order valence-corrected chi connectivity index (χ3v) is 5.39. The minimum Gasteiger partial charge on any atom is -0.447 e. The molecule has 12 heteroatoms. The van der Waals surface area contributed by atoms with Crippen LogP contribution in [-0.2, 0) is 16.1 Å². The van der Waals surface area contributed by atoms with Crippen molar-refractivity contribution in [2.24, 2.45) is 0 Å². The van der Waals surface area contributed by atoms with Crippen molar-refractivity contribution >= 4 is 23.6 Å². The number of hydrogen-bond acceptors (Lipinski definition) is 6. The third kappa shape index (κ3) is 4.92. The zero-order chi connectivity index (χ0) is 23.6. The molecule has 0 unspecified atom stereocenters. The van der Waals surface area contributed by atoms with Crippen molar-refractivity contribution < 1.29 is 27.9 Å². The summed E-state index contributed by atoms with van der Waals surface area (Å²) < 4.78 is 33.4. The highest BCUT2D eigenvalue weighted by atomic mass is 19.3. The number of aromatic nitrogens is 2. The van der Waals surface area contributed by atoms with Gasteiger partial charge in [0.25, 0.3) is 11.8 Å². The number of likely N-dealkylation sites (tertiary alicyclic amines) is 1. The summed E-state index contributed by atoms with van der Waals surface area (Å²) in [5.41, 5.74) is 1.80. The smallest absolute Gasteiger partial charge is 0.414 e. The lowest BCUT2D eigenvalue weighted by Gasteiger charge is -2.19. The van der Waals surface area contributed by atoms with Crippen LogP contribution < -0.4 is 10.2 Å². The van der Waals surface area contributed by atoms with Crippen LogP contribution in [0.2, 0.25) is 0 Å². The average molecular weight is 458 g/mol. The van der Waals surface area contributed by atoms with Crippen LogP contribution in [0.1, 0.15) is 22.3 Å². The Balaban J connectivity index is 1.31. The molecular weight excluding hydrogens is 438 g/mol. The first kappa shape index (κ1) is 22.2.